The van der Waals surface area contributed by atoms with Gasteiger partial charge >= 0.3 is 5.97 Å². The van der Waals surface area contributed by atoms with Gasteiger partial charge in [-0.1, -0.05) is 0 Å². The maximum absolute atomic E-state index is 13.3. The lowest BCUT2D eigenvalue weighted by Gasteiger charge is -2.12. The molecule has 1 N–H and O–H groups in total. The van der Waals surface area contributed by atoms with Crippen molar-refractivity contribution in [3.05, 3.63) is 64.0 Å². The fourth-order valence-electron chi connectivity index (χ4n) is 2.24. The quantitative estimate of drug-likeness (QED) is 0.877. The number of ether oxygens (including phenoxy) is 1. The third-order valence-corrected chi connectivity index (χ3v) is 3.75. The van der Waals surface area contributed by atoms with Gasteiger partial charge in [-0.3, -0.25) is 4.79 Å². The first kappa shape index (κ1) is 16.7. The highest BCUT2D eigenvalue weighted by Gasteiger charge is 2.14. The molecule has 0 aliphatic rings. The van der Waals surface area contributed by atoms with Gasteiger partial charge in [0.2, 0.25) is 0 Å². The van der Waals surface area contributed by atoms with Crippen molar-refractivity contribution in [2.24, 2.45) is 0 Å². The zero-order valence-corrected chi connectivity index (χ0v) is 13.5. The van der Waals surface area contributed by atoms with E-state index in [4.69, 9.17) is 4.74 Å². The molecule has 120 valence electrons. The SMILES string of the molecule is COC(=O)c1cc(NC(=O)c2ccc(F)c(C)c2)cc(C)c1C. The van der Waals surface area contributed by atoms with E-state index in [1.165, 1.54) is 25.3 Å². The number of halogens is 1. The number of anilines is 1. The van der Waals surface area contributed by atoms with Gasteiger partial charge in [0, 0.05) is 11.3 Å². The number of hydrogen-bond acceptors (Lipinski definition) is 3. The molecule has 0 aliphatic heterocycles. The van der Waals surface area contributed by atoms with E-state index in [9.17, 15) is 14.0 Å². The lowest BCUT2D eigenvalue weighted by Crippen LogP contribution is -2.14. The molecule has 0 unspecified atom stereocenters. The molecule has 0 heterocycles. The Hall–Kier alpha value is -2.69. The number of esters is 1. The second kappa shape index (κ2) is 6.60. The number of nitrogens with one attached hydrogen (secondary N) is 1. The highest BCUT2D eigenvalue weighted by atomic mass is 19.1. The van der Waals surface area contributed by atoms with Crippen LogP contribution in [0, 0.1) is 26.6 Å². The first-order valence-corrected chi connectivity index (χ1v) is 7.10. The number of carbonyl (C=O) groups is 2. The fraction of sp³-hybridized carbons (Fsp3) is 0.222. The van der Waals surface area contributed by atoms with E-state index in [0.29, 0.717) is 22.4 Å². The first-order chi connectivity index (χ1) is 10.8. The Kier molecular flexibility index (Phi) is 4.79. The van der Waals surface area contributed by atoms with Gasteiger partial charge in [-0.15, -0.1) is 0 Å². The van der Waals surface area contributed by atoms with Crippen LogP contribution < -0.4 is 5.32 Å². The van der Waals surface area contributed by atoms with Crippen LogP contribution in [-0.4, -0.2) is 19.0 Å². The molecule has 0 radical (unpaired) electrons. The van der Waals surface area contributed by atoms with Crippen LogP contribution in [0.15, 0.2) is 30.3 Å². The van der Waals surface area contributed by atoms with Crippen LogP contribution in [-0.2, 0) is 4.74 Å². The van der Waals surface area contributed by atoms with E-state index in [2.05, 4.69) is 5.32 Å². The minimum absolute atomic E-state index is 0.349. The Balaban J connectivity index is 2.32. The summed E-state index contributed by atoms with van der Waals surface area (Å²) < 4.78 is 18.0. The van der Waals surface area contributed by atoms with E-state index in [0.717, 1.165) is 11.1 Å². The number of rotatable bonds is 3. The van der Waals surface area contributed by atoms with Crippen LogP contribution in [0.3, 0.4) is 0 Å². The van der Waals surface area contributed by atoms with E-state index in [1.807, 2.05) is 13.8 Å². The Bertz CT molecular complexity index is 784. The smallest absolute Gasteiger partial charge is 0.338 e. The molecule has 0 fully saturated rings. The fourth-order valence-corrected chi connectivity index (χ4v) is 2.24. The Morgan fingerprint density at radius 2 is 1.74 bits per heavy atom. The summed E-state index contributed by atoms with van der Waals surface area (Å²) in [5.41, 5.74) is 3.29. The topological polar surface area (TPSA) is 55.4 Å². The molecule has 23 heavy (non-hydrogen) atoms. The van der Waals surface area contributed by atoms with Crippen LogP contribution in [0.2, 0.25) is 0 Å². The molecule has 2 aromatic rings. The highest BCUT2D eigenvalue weighted by molar-refractivity contribution is 6.05. The maximum Gasteiger partial charge on any atom is 0.338 e. The standard InChI is InChI=1S/C18H18FNO3/c1-10-8-14(9-15(12(10)3)18(22)23-4)20-17(21)13-5-6-16(19)11(2)7-13/h5-9H,1-4H3,(H,20,21). The van der Waals surface area contributed by atoms with E-state index >= 15 is 0 Å². The van der Waals surface area contributed by atoms with Gasteiger partial charge in [0.1, 0.15) is 5.82 Å². The van der Waals surface area contributed by atoms with Crippen molar-refractivity contribution >= 4 is 17.6 Å². The average Bonchev–Trinajstić information content (AvgIpc) is 2.52. The molecular weight excluding hydrogens is 297 g/mol. The van der Waals surface area contributed by atoms with Crippen molar-refractivity contribution in [2.45, 2.75) is 20.8 Å². The molecule has 0 atom stereocenters. The van der Waals surface area contributed by atoms with Crippen molar-refractivity contribution in [3.8, 4) is 0 Å². The summed E-state index contributed by atoms with van der Waals surface area (Å²) >= 11 is 0. The van der Waals surface area contributed by atoms with Gasteiger partial charge in [0.25, 0.3) is 5.91 Å². The van der Waals surface area contributed by atoms with Crippen LogP contribution >= 0.6 is 0 Å². The molecule has 0 spiro atoms. The summed E-state index contributed by atoms with van der Waals surface area (Å²) in [7, 11) is 1.31. The molecular formula is C18H18FNO3. The molecule has 4 nitrogen and oxygen atoms in total. The van der Waals surface area contributed by atoms with Crippen molar-refractivity contribution in [1.82, 2.24) is 0 Å². The maximum atomic E-state index is 13.3. The van der Waals surface area contributed by atoms with Gasteiger partial charge < -0.3 is 10.1 Å². The number of aryl methyl sites for hydroxylation is 2. The minimum Gasteiger partial charge on any atom is -0.465 e. The summed E-state index contributed by atoms with van der Waals surface area (Å²) in [4.78, 5) is 24.1. The summed E-state index contributed by atoms with van der Waals surface area (Å²) in [6, 6.07) is 7.50. The van der Waals surface area contributed by atoms with Gasteiger partial charge in [-0.05, 0) is 67.8 Å². The van der Waals surface area contributed by atoms with Gasteiger partial charge in [0.15, 0.2) is 0 Å². The molecule has 0 saturated heterocycles. The number of hydrogen-bond donors (Lipinski definition) is 1. The zero-order chi connectivity index (χ0) is 17.1. The lowest BCUT2D eigenvalue weighted by atomic mass is 10.0. The van der Waals surface area contributed by atoms with Gasteiger partial charge in [-0.2, -0.15) is 0 Å². The van der Waals surface area contributed by atoms with E-state index in [-0.39, 0.29) is 11.7 Å². The Morgan fingerprint density at radius 1 is 1.04 bits per heavy atom. The van der Waals surface area contributed by atoms with Crippen LogP contribution in [0.4, 0.5) is 10.1 Å². The van der Waals surface area contributed by atoms with Crippen molar-refractivity contribution < 1.29 is 18.7 Å². The Morgan fingerprint density at radius 3 is 2.35 bits per heavy atom. The second-order valence-corrected chi connectivity index (χ2v) is 5.38. The second-order valence-electron chi connectivity index (χ2n) is 5.38. The molecule has 0 aromatic heterocycles. The van der Waals surface area contributed by atoms with Crippen LogP contribution in [0.1, 0.15) is 37.4 Å². The number of benzene rings is 2. The van der Waals surface area contributed by atoms with Crippen molar-refractivity contribution in [3.63, 3.8) is 0 Å². The van der Waals surface area contributed by atoms with Crippen LogP contribution in [0.5, 0.6) is 0 Å². The summed E-state index contributed by atoms with van der Waals surface area (Å²) in [6.45, 7) is 5.26. The third-order valence-electron chi connectivity index (χ3n) is 3.75. The molecule has 2 aromatic carbocycles. The molecule has 0 bridgehead atoms. The number of amides is 1. The predicted molar refractivity (Wildman–Crippen MR) is 86.3 cm³/mol. The number of methoxy groups -OCH3 is 1. The summed E-state index contributed by atoms with van der Waals surface area (Å²) in [6.07, 6.45) is 0. The van der Waals surface area contributed by atoms with E-state index < -0.39 is 5.97 Å². The monoisotopic (exact) mass is 315 g/mol. The van der Waals surface area contributed by atoms with Gasteiger partial charge in [-0.25, -0.2) is 9.18 Å². The first-order valence-electron chi connectivity index (χ1n) is 7.10. The minimum atomic E-state index is -0.459. The zero-order valence-electron chi connectivity index (χ0n) is 13.5. The highest BCUT2D eigenvalue weighted by Crippen LogP contribution is 2.21. The molecule has 2 rings (SSSR count). The molecule has 1 amide bonds. The molecule has 5 heteroatoms. The summed E-state index contributed by atoms with van der Waals surface area (Å²) in [5, 5.41) is 2.72. The third kappa shape index (κ3) is 3.56. The lowest BCUT2D eigenvalue weighted by molar-refractivity contribution is 0.0599. The van der Waals surface area contributed by atoms with Crippen LogP contribution in [0.25, 0.3) is 0 Å². The largest absolute Gasteiger partial charge is 0.465 e. The molecule has 0 aliphatic carbocycles. The van der Waals surface area contributed by atoms with Crippen molar-refractivity contribution in [1.29, 1.82) is 0 Å². The Labute approximate surface area is 134 Å². The summed E-state index contributed by atoms with van der Waals surface area (Å²) in [5.74, 6) is -1.19. The molecule has 0 saturated carbocycles. The average molecular weight is 315 g/mol. The van der Waals surface area contributed by atoms with Crippen molar-refractivity contribution in [2.75, 3.05) is 12.4 Å². The van der Waals surface area contributed by atoms with Gasteiger partial charge in [0.05, 0.1) is 12.7 Å². The van der Waals surface area contributed by atoms with E-state index in [1.54, 1.807) is 19.1 Å². The number of carbonyl (C=O) groups excluding carboxylic acids is 2. The normalized spacial score (nSPS) is 10.3. The predicted octanol–water partition coefficient (Wildman–Crippen LogP) is 3.79.